The van der Waals surface area contributed by atoms with Crippen molar-refractivity contribution in [2.75, 3.05) is 6.61 Å². The Morgan fingerprint density at radius 1 is 1.23 bits per heavy atom. The highest BCUT2D eigenvalue weighted by molar-refractivity contribution is 5.76. The molecule has 0 amide bonds. The fourth-order valence-electron chi connectivity index (χ4n) is 3.73. The second-order valence-electron chi connectivity index (χ2n) is 6.95. The first-order chi connectivity index (χ1) is 10.7. The van der Waals surface area contributed by atoms with E-state index in [0.717, 1.165) is 24.3 Å². The zero-order valence-electron chi connectivity index (χ0n) is 13.3. The number of rotatable bonds is 7. The number of carbonyl (C=O) groups is 1. The van der Waals surface area contributed by atoms with E-state index in [-0.39, 0.29) is 5.56 Å². The summed E-state index contributed by atoms with van der Waals surface area (Å²) in [5.74, 6) is 2.08. The highest BCUT2D eigenvalue weighted by Crippen LogP contribution is 2.45. The average Bonchev–Trinajstić information content (AvgIpc) is 3.26. The number of hydrogen-bond donors (Lipinski definition) is 0. The maximum atomic E-state index is 13.9. The summed E-state index contributed by atoms with van der Waals surface area (Å²) in [6.07, 6.45) is 9.15. The number of benzene rings is 1. The molecule has 120 valence electrons. The molecule has 0 aliphatic heterocycles. The third-order valence-electron chi connectivity index (χ3n) is 5.09. The van der Waals surface area contributed by atoms with E-state index in [1.807, 2.05) is 0 Å². The summed E-state index contributed by atoms with van der Waals surface area (Å²) in [4.78, 5) is 10.9. The molecule has 0 saturated heterocycles. The van der Waals surface area contributed by atoms with Gasteiger partial charge in [0, 0.05) is 6.07 Å². The molecule has 2 unspecified atom stereocenters. The number of hydrogen-bond acceptors (Lipinski definition) is 2. The van der Waals surface area contributed by atoms with Gasteiger partial charge in [0.05, 0.1) is 12.2 Å². The second-order valence-corrected chi connectivity index (χ2v) is 6.95. The van der Waals surface area contributed by atoms with Crippen LogP contribution in [0.1, 0.15) is 73.7 Å². The van der Waals surface area contributed by atoms with Gasteiger partial charge in [0.2, 0.25) is 0 Å². The summed E-state index contributed by atoms with van der Waals surface area (Å²) < 4.78 is 19.8. The van der Waals surface area contributed by atoms with Gasteiger partial charge in [-0.2, -0.15) is 0 Å². The van der Waals surface area contributed by atoms with Crippen LogP contribution in [0.4, 0.5) is 4.39 Å². The minimum absolute atomic E-state index is 0.151. The van der Waals surface area contributed by atoms with Crippen molar-refractivity contribution in [2.24, 2.45) is 11.8 Å². The van der Waals surface area contributed by atoms with E-state index in [0.29, 0.717) is 30.5 Å². The van der Waals surface area contributed by atoms with Gasteiger partial charge in [-0.3, -0.25) is 4.79 Å². The average molecular weight is 304 g/mol. The second kappa shape index (κ2) is 6.80. The van der Waals surface area contributed by atoms with E-state index in [1.165, 1.54) is 38.2 Å². The third kappa shape index (κ3) is 3.50. The fourth-order valence-corrected chi connectivity index (χ4v) is 3.73. The summed E-state index contributed by atoms with van der Waals surface area (Å²) in [5, 5.41) is 0. The monoisotopic (exact) mass is 304 g/mol. The smallest absolute Gasteiger partial charge is 0.153 e. The van der Waals surface area contributed by atoms with E-state index >= 15 is 0 Å². The third-order valence-corrected chi connectivity index (χ3v) is 5.09. The molecular formula is C19H25FO2. The molecule has 0 spiro atoms. The Hall–Kier alpha value is -1.38. The van der Waals surface area contributed by atoms with Crippen molar-refractivity contribution in [3.8, 4) is 5.75 Å². The quantitative estimate of drug-likeness (QED) is 0.654. The molecule has 2 saturated carbocycles. The molecule has 1 aromatic carbocycles. The number of aldehydes is 1. The lowest BCUT2D eigenvalue weighted by atomic mass is 10.0. The summed E-state index contributed by atoms with van der Waals surface area (Å²) in [5.41, 5.74) is 1.17. The Morgan fingerprint density at radius 2 is 2.00 bits per heavy atom. The van der Waals surface area contributed by atoms with Gasteiger partial charge in [-0.25, -0.2) is 4.39 Å². The van der Waals surface area contributed by atoms with Crippen LogP contribution in [0, 0.1) is 17.7 Å². The fraction of sp³-hybridized carbons (Fsp3) is 0.632. The molecule has 3 heteroatoms. The highest BCUT2D eigenvalue weighted by atomic mass is 19.1. The zero-order chi connectivity index (χ0) is 15.5. The van der Waals surface area contributed by atoms with Crippen LogP contribution >= 0.6 is 0 Å². The Kier molecular flexibility index (Phi) is 4.80. The largest absolute Gasteiger partial charge is 0.493 e. The Morgan fingerprint density at radius 3 is 2.68 bits per heavy atom. The van der Waals surface area contributed by atoms with Crippen molar-refractivity contribution in [3.63, 3.8) is 0 Å². The van der Waals surface area contributed by atoms with Gasteiger partial charge in [-0.1, -0.05) is 26.2 Å². The molecule has 22 heavy (non-hydrogen) atoms. The van der Waals surface area contributed by atoms with Gasteiger partial charge in [0.15, 0.2) is 6.29 Å². The molecule has 2 fully saturated rings. The molecule has 0 aromatic heterocycles. The standard InChI is InChI=1S/C19H25FO2/c1-2-3-13-4-5-14(8-13)12-22-19-10-18(20)16(11-21)9-17(19)15-6-7-15/h9-11,13-15H,2-8,12H2,1H3. The van der Waals surface area contributed by atoms with Crippen molar-refractivity contribution < 1.29 is 13.9 Å². The van der Waals surface area contributed by atoms with E-state index in [1.54, 1.807) is 6.07 Å². The predicted octanol–water partition coefficient (Wildman–Crippen LogP) is 5.11. The molecule has 0 heterocycles. The van der Waals surface area contributed by atoms with Crippen LogP contribution in [0.2, 0.25) is 0 Å². The minimum Gasteiger partial charge on any atom is -0.493 e. The van der Waals surface area contributed by atoms with Crippen molar-refractivity contribution in [2.45, 2.75) is 57.8 Å². The van der Waals surface area contributed by atoms with Gasteiger partial charge in [-0.15, -0.1) is 0 Å². The molecule has 2 aliphatic rings. The van der Waals surface area contributed by atoms with Crippen molar-refractivity contribution in [1.29, 1.82) is 0 Å². The van der Waals surface area contributed by atoms with Crippen molar-refractivity contribution >= 4 is 6.29 Å². The zero-order valence-corrected chi connectivity index (χ0v) is 13.3. The van der Waals surface area contributed by atoms with Crippen molar-refractivity contribution in [1.82, 2.24) is 0 Å². The van der Waals surface area contributed by atoms with Gasteiger partial charge < -0.3 is 4.74 Å². The van der Waals surface area contributed by atoms with Crippen LogP contribution in [0.25, 0.3) is 0 Å². The number of halogens is 1. The van der Waals surface area contributed by atoms with Gasteiger partial charge in [0.25, 0.3) is 0 Å². The summed E-state index contributed by atoms with van der Waals surface area (Å²) in [6, 6.07) is 3.10. The van der Waals surface area contributed by atoms with Crippen LogP contribution < -0.4 is 4.74 Å². The van der Waals surface area contributed by atoms with Crippen LogP contribution in [0.15, 0.2) is 12.1 Å². The first-order valence-corrected chi connectivity index (χ1v) is 8.62. The predicted molar refractivity (Wildman–Crippen MR) is 85.0 cm³/mol. The minimum atomic E-state index is -0.468. The first kappa shape index (κ1) is 15.5. The van der Waals surface area contributed by atoms with Gasteiger partial charge in [0.1, 0.15) is 11.6 Å². The molecule has 2 atom stereocenters. The topological polar surface area (TPSA) is 26.3 Å². The SMILES string of the molecule is CCCC1CCC(COc2cc(F)c(C=O)cc2C2CC2)C1. The molecule has 0 bridgehead atoms. The number of carbonyl (C=O) groups excluding carboxylic acids is 1. The summed E-state index contributed by atoms with van der Waals surface area (Å²) in [7, 11) is 0. The lowest BCUT2D eigenvalue weighted by Crippen LogP contribution is -2.10. The molecule has 3 rings (SSSR count). The molecule has 2 aliphatic carbocycles. The Bertz CT molecular complexity index is 536. The van der Waals surface area contributed by atoms with Crippen LogP contribution in [0.5, 0.6) is 5.75 Å². The highest BCUT2D eigenvalue weighted by Gasteiger charge is 2.29. The lowest BCUT2D eigenvalue weighted by molar-refractivity contribution is 0.111. The molecule has 2 nitrogen and oxygen atoms in total. The van der Waals surface area contributed by atoms with E-state index < -0.39 is 5.82 Å². The van der Waals surface area contributed by atoms with E-state index in [4.69, 9.17) is 4.74 Å². The normalized spacial score (nSPS) is 24.5. The van der Waals surface area contributed by atoms with E-state index in [9.17, 15) is 9.18 Å². The first-order valence-electron chi connectivity index (χ1n) is 8.62. The van der Waals surface area contributed by atoms with Crippen molar-refractivity contribution in [3.05, 3.63) is 29.1 Å². The van der Waals surface area contributed by atoms with Crippen LogP contribution in [0.3, 0.4) is 0 Å². The molecule has 1 aromatic rings. The van der Waals surface area contributed by atoms with Gasteiger partial charge in [-0.05, 0) is 55.1 Å². The molecule has 0 radical (unpaired) electrons. The maximum absolute atomic E-state index is 13.9. The molecule has 0 N–H and O–H groups in total. The van der Waals surface area contributed by atoms with Crippen LogP contribution in [-0.4, -0.2) is 12.9 Å². The van der Waals surface area contributed by atoms with Gasteiger partial charge >= 0.3 is 0 Å². The summed E-state index contributed by atoms with van der Waals surface area (Å²) in [6.45, 7) is 2.92. The lowest BCUT2D eigenvalue weighted by Gasteiger charge is -2.16. The summed E-state index contributed by atoms with van der Waals surface area (Å²) >= 11 is 0. The maximum Gasteiger partial charge on any atom is 0.153 e. The van der Waals surface area contributed by atoms with E-state index in [2.05, 4.69) is 6.92 Å². The Balaban J connectivity index is 1.65. The Labute approximate surface area is 132 Å². The van der Waals surface area contributed by atoms with Crippen LogP contribution in [-0.2, 0) is 0 Å². The number of ether oxygens (including phenoxy) is 1. The molecular weight excluding hydrogens is 279 g/mol.